The molecule has 0 aliphatic heterocycles. The maximum Gasteiger partial charge on any atom is 0.222 e. The van der Waals surface area contributed by atoms with Crippen molar-refractivity contribution in [2.24, 2.45) is 11.7 Å². The maximum atomic E-state index is 11.7. The van der Waals surface area contributed by atoms with E-state index in [4.69, 9.17) is 5.73 Å². The molecular formula is C13H26N2O. The first kappa shape index (κ1) is 13.5. The van der Waals surface area contributed by atoms with Gasteiger partial charge in [0.25, 0.3) is 0 Å². The average Bonchev–Trinajstić information content (AvgIpc) is 2.15. The van der Waals surface area contributed by atoms with Crippen molar-refractivity contribution in [1.29, 1.82) is 0 Å². The van der Waals surface area contributed by atoms with Crippen LogP contribution in [0, 0.1) is 5.92 Å². The number of nitrogens with one attached hydrogen (secondary N) is 1. The van der Waals surface area contributed by atoms with E-state index in [1.807, 2.05) is 13.8 Å². The first-order valence-corrected chi connectivity index (χ1v) is 6.49. The summed E-state index contributed by atoms with van der Waals surface area (Å²) in [5, 5.41) is 3.12. The average molecular weight is 226 g/mol. The zero-order valence-electron chi connectivity index (χ0n) is 10.9. The van der Waals surface area contributed by atoms with Crippen LogP contribution in [0.15, 0.2) is 0 Å². The molecule has 0 saturated heterocycles. The third kappa shape index (κ3) is 4.97. The van der Waals surface area contributed by atoms with Gasteiger partial charge >= 0.3 is 0 Å². The zero-order chi connectivity index (χ0) is 12.2. The Morgan fingerprint density at radius 3 is 2.69 bits per heavy atom. The molecule has 0 aromatic rings. The molecule has 3 heteroatoms. The molecule has 0 bridgehead atoms. The van der Waals surface area contributed by atoms with E-state index in [9.17, 15) is 4.79 Å². The summed E-state index contributed by atoms with van der Waals surface area (Å²) in [4.78, 5) is 11.7. The largest absolute Gasteiger partial charge is 0.353 e. The van der Waals surface area contributed by atoms with Gasteiger partial charge in [-0.15, -0.1) is 0 Å². The summed E-state index contributed by atoms with van der Waals surface area (Å²) >= 11 is 0. The molecule has 1 saturated carbocycles. The van der Waals surface area contributed by atoms with Crippen LogP contribution in [0.2, 0.25) is 0 Å². The van der Waals surface area contributed by atoms with Crippen molar-refractivity contribution in [3.05, 3.63) is 0 Å². The minimum absolute atomic E-state index is 0.106. The summed E-state index contributed by atoms with van der Waals surface area (Å²) in [6.07, 6.45) is 6.50. The molecule has 16 heavy (non-hydrogen) atoms. The van der Waals surface area contributed by atoms with Gasteiger partial charge in [0.05, 0.1) is 0 Å². The second-order valence-electron chi connectivity index (χ2n) is 5.87. The van der Waals surface area contributed by atoms with Gasteiger partial charge < -0.3 is 11.1 Å². The van der Waals surface area contributed by atoms with Gasteiger partial charge in [0.1, 0.15) is 0 Å². The second kappa shape index (κ2) is 5.67. The third-order valence-corrected chi connectivity index (χ3v) is 3.34. The number of carbonyl (C=O) groups excluding carboxylic acids is 1. The van der Waals surface area contributed by atoms with E-state index in [0.29, 0.717) is 12.5 Å². The van der Waals surface area contributed by atoms with Crippen LogP contribution >= 0.6 is 0 Å². The molecule has 1 rings (SSSR count). The minimum atomic E-state index is -0.400. The summed E-state index contributed by atoms with van der Waals surface area (Å²) in [5.41, 5.74) is 5.43. The fourth-order valence-electron chi connectivity index (χ4n) is 2.49. The van der Waals surface area contributed by atoms with Crippen molar-refractivity contribution in [3.63, 3.8) is 0 Å². The molecule has 94 valence electrons. The van der Waals surface area contributed by atoms with Gasteiger partial charge in [-0.1, -0.05) is 26.2 Å². The Kier molecular flexibility index (Phi) is 4.78. The lowest BCUT2D eigenvalue weighted by Crippen LogP contribution is -2.44. The highest BCUT2D eigenvalue weighted by atomic mass is 16.1. The third-order valence-electron chi connectivity index (χ3n) is 3.34. The first-order chi connectivity index (χ1) is 7.40. The van der Waals surface area contributed by atoms with Crippen LogP contribution in [0.4, 0.5) is 0 Å². The summed E-state index contributed by atoms with van der Waals surface area (Å²) in [6, 6.07) is 0.383. The van der Waals surface area contributed by atoms with Crippen molar-refractivity contribution < 1.29 is 4.79 Å². The molecule has 0 heterocycles. The summed E-state index contributed by atoms with van der Waals surface area (Å²) in [5.74, 6) is 0.902. The van der Waals surface area contributed by atoms with Crippen LogP contribution in [-0.2, 0) is 4.79 Å². The van der Waals surface area contributed by atoms with Crippen molar-refractivity contribution >= 4 is 5.91 Å². The highest BCUT2D eigenvalue weighted by Gasteiger charge is 2.23. The normalized spacial score (nSPS) is 26.5. The zero-order valence-corrected chi connectivity index (χ0v) is 10.9. The number of rotatable bonds is 4. The van der Waals surface area contributed by atoms with Crippen LogP contribution in [-0.4, -0.2) is 17.5 Å². The van der Waals surface area contributed by atoms with E-state index < -0.39 is 5.54 Å². The van der Waals surface area contributed by atoms with E-state index >= 15 is 0 Å². The molecule has 1 fully saturated rings. The Labute approximate surface area is 99.2 Å². The van der Waals surface area contributed by atoms with E-state index in [0.717, 1.165) is 18.8 Å². The van der Waals surface area contributed by atoms with Gasteiger partial charge in [-0.05, 0) is 32.6 Å². The predicted octanol–water partition coefficient (Wildman–Crippen LogP) is 2.20. The molecule has 1 aliphatic rings. The van der Waals surface area contributed by atoms with Crippen LogP contribution in [0.25, 0.3) is 0 Å². The van der Waals surface area contributed by atoms with E-state index in [1.54, 1.807) is 0 Å². The second-order valence-corrected chi connectivity index (χ2v) is 5.87. The van der Waals surface area contributed by atoms with Crippen molar-refractivity contribution in [3.8, 4) is 0 Å². The summed E-state index contributed by atoms with van der Waals surface area (Å²) in [7, 11) is 0. The van der Waals surface area contributed by atoms with E-state index in [2.05, 4.69) is 12.2 Å². The first-order valence-electron chi connectivity index (χ1n) is 6.49. The Balaban J connectivity index is 2.33. The molecule has 0 radical (unpaired) electrons. The van der Waals surface area contributed by atoms with Crippen LogP contribution in [0.5, 0.6) is 0 Å². The van der Waals surface area contributed by atoms with Crippen molar-refractivity contribution in [1.82, 2.24) is 5.32 Å². The quantitative estimate of drug-likeness (QED) is 0.772. The lowest BCUT2D eigenvalue weighted by Gasteiger charge is -2.30. The molecule has 0 aromatic heterocycles. The van der Waals surface area contributed by atoms with Gasteiger partial charge in [-0.25, -0.2) is 0 Å². The molecule has 3 nitrogen and oxygen atoms in total. The lowest BCUT2D eigenvalue weighted by molar-refractivity contribution is -0.123. The number of hydrogen-bond donors (Lipinski definition) is 2. The van der Waals surface area contributed by atoms with Gasteiger partial charge in [0.15, 0.2) is 0 Å². The van der Waals surface area contributed by atoms with Crippen LogP contribution < -0.4 is 11.1 Å². The fraction of sp³-hybridized carbons (Fsp3) is 0.923. The van der Waals surface area contributed by atoms with E-state index in [1.165, 1.54) is 19.3 Å². The molecule has 0 aromatic carbocycles. The maximum absolute atomic E-state index is 11.7. The topological polar surface area (TPSA) is 55.1 Å². The summed E-state index contributed by atoms with van der Waals surface area (Å²) in [6.45, 7) is 6.02. The number of carbonyl (C=O) groups is 1. The van der Waals surface area contributed by atoms with Crippen LogP contribution in [0.3, 0.4) is 0 Å². The standard InChI is InChI=1S/C13H26N2O/c1-4-10-6-5-7-11(8-10)15-12(16)9-13(2,3)14/h10-11H,4-9,14H2,1-3H3,(H,15,16). The van der Waals surface area contributed by atoms with E-state index in [-0.39, 0.29) is 5.91 Å². The Bertz CT molecular complexity index is 233. The van der Waals surface area contributed by atoms with Gasteiger partial charge in [-0.2, -0.15) is 0 Å². The van der Waals surface area contributed by atoms with Crippen molar-refractivity contribution in [2.45, 2.75) is 70.9 Å². The Morgan fingerprint density at radius 2 is 2.12 bits per heavy atom. The molecular weight excluding hydrogens is 200 g/mol. The lowest BCUT2D eigenvalue weighted by atomic mass is 9.84. The Morgan fingerprint density at radius 1 is 1.44 bits per heavy atom. The molecule has 2 unspecified atom stereocenters. The summed E-state index contributed by atoms with van der Waals surface area (Å²) < 4.78 is 0. The Hall–Kier alpha value is -0.570. The number of amides is 1. The van der Waals surface area contributed by atoms with Gasteiger partial charge in [-0.3, -0.25) is 4.79 Å². The van der Waals surface area contributed by atoms with Gasteiger partial charge in [0, 0.05) is 18.0 Å². The minimum Gasteiger partial charge on any atom is -0.353 e. The monoisotopic (exact) mass is 226 g/mol. The number of nitrogens with two attached hydrogens (primary N) is 1. The van der Waals surface area contributed by atoms with Gasteiger partial charge in [0.2, 0.25) is 5.91 Å². The molecule has 1 amide bonds. The van der Waals surface area contributed by atoms with Crippen LogP contribution in [0.1, 0.15) is 59.3 Å². The number of hydrogen-bond acceptors (Lipinski definition) is 2. The molecule has 1 aliphatic carbocycles. The fourth-order valence-corrected chi connectivity index (χ4v) is 2.49. The van der Waals surface area contributed by atoms with Crippen molar-refractivity contribution in [2.75, 3.05) is 0 Å². The predicted molar refractivity (Wildman–Crippen MR) is 67.1 cm³/mol. The molecule has 3 N–H and O–H groups in total. The molecule has 2 atom stereocenters. The highest BCUT2D eigenvalue weighted by molar-refractivity contribution is 5.77. The molecule has 0 spiro atoms. The highest BCUT2D eigenvalue weighted by Crippen LogP contribution is 2.26. The SMILES string of the molecule is CCC1CCCC(NC(=O)CC(C)(C)N)C1. The smallest absolute Gasteiger partial charge is 0.222 e.